The lowest BCUT2D eigenvalue weighted by molar-refractivity contribution is 1.00. The zero-order chi connectivity index (χ0) is 11.0. The molecule has 1 aliphatic carbocycles. The van der Waals surface area contributed by atoms with Gasteiger partial charge in [-0.2, -0.15) is 0 Å². The average molecular weight is 251 g/mol. The summed E-state index contributed by atoms with van der Waals surface area (Å²) in [6.45, 7) is 2.05. The number of fused-ring (bicyclic) bond motifs is 1. The number of aromatic nitrogens is 1. The monoisotopic (exact) mass is 251 g/mol. The van der Waals surface area contributed by atoms with E-state index >= 15 is 0 Å². The maximum Gasteiger partial charge on any atom is 0.173 e. The molecule has 0 saturated heterocycles. The molecule has 1 fully saturated rings. The van der Waals surface area contributed by atoms with Gasteiger partial charge in [-0.3, -0.25) is 0 Å². The number of nitrogens with zero attached hydrogens (tertiary/aromatic N) is 2. The Bertz CT molecular complexity index is 441. The highest BCUT2D eigenvalue weighted by Crippen LogP contribution is 2.35. The number of rotatable bonds is 2. The minimum Gasteiger partial charge on any atom is -0.305 e. The molecular weight excluding hydrogens is 238 g/mol. The van der Waals surface area contributed by atoms with Gasteiger partial charge in [-0.1, -0.05) is 11.8 Å². The number of aliphatic imine (C=N–C) groups is 1. The van der Waals surface area contributed by atoms with Crippen LogP contribution >= 0.6 is 23.7 Å². The van der Waals surface area contributed by atoms with Gasteiger partial charge in [0.05, 0.1) is 4.90 Å². The fourth-order valence-corrected chi connectivity index (χ4v) is 3.37. The lowest BCUT2D eigenvalue weighted by Crippen LogP contribution is -2.16. The van der Waals surface area contributed by atoms with Crippen molar-refractivity contribution in [3.8, 4) is 0 Å². The molecule has 1 aromatic heterocycles. The van der Waals surface area contributed by atoms with Crippen LogP contribution in [0, 0.1) is 12.8 Å². The maximum atomic E-state index is 4.52. The largest absolute Gasteiger partial charge is 0.305 e. The van der Waals surface area contributed by atoms with Gasteiger partial charge in [-0.25, -0.2) is 9.98 Å². The first-order valence-corrected chi connectivity index (χ1v) is 7.22. The van der Waals surface area contributed by atoms with Crippen LogP contribution < -0.4 is 4.72 Å². The number of nitrogens with one attached hydrogen (secondary N) is 1. The van der Waals surface area contributed by atoms with Crippen LogP contribution in [0.15, 0.2) is 22.2 Å². The third-order valence-electron chi connectivity index (χ3n) is 2.58. The molecule has 0 spiro atoms. The molecule has 2 aliphatic rings. The molecule has 16 heavy (non-hydrogen) atoms. The summed E-state index contributed by atoms with van der Waals surface area (Å²) in [5.41, 5.74) is 1.18. The summed E-state index contributed by atoms with van der Waals surface area (Å²) >= 11 is 3.43. The summed E-state index contributed by atoms with van der Waals surface area (Å²) in [4.78, 5) is 9.99. The molecule has 0 amide bonds. The van der Waals surface area contributed by atoms with Crippen LogP contribution in [-0.4, -0.2) is 15.9 Å². The van der Waals surface area contributed by atoms with Crippen molar-refractivity contribution in [1.82, 2.24) is 9.71 Å². The molecule has 1 saturated carbocycles. The number of aryl methyl sites for hydroxylation is 1. The van der Waals surface area contributed by atoms with E-state index in [9.17, 15) is 0 Å². The minimum atomic E-state index is 0.854. The van der Waals surface area contributed by atoms with E-state index in [0.717, 1.165) is 21.8 Å². The molecule has 0 unspecified atom stereocenters. The SMILES string of the molecule is Cc1cnc2c(c1)SNC(SCC1CC1)=N2. The van der Waals surface area contributed by atoms with Gasteiger partial charge < -0.3 is 4.72 Å². The Morgan fingerprint density at radius 3 is 3.25 bits per heavy atom. The van der Waals surface area contributed by atoms with Crippen LogP contribution in [0.5, 0.6) is 0 Å². The lowest BCUT2D eigenvalue weighted by Gasteiger charge is -2.15. The topological polar surface area (TPSA) is 37.3 Å². The second-order valence-corrected chi connectivity index (χ2v) is 6.07. The van der Waals surface area contributed by atoms with Crippen molar-refractivity contribution >= 4 is 34.7 Å². The first-order valence-electron chi connectivity index (χ1n) is 5.42. The van der Waals surface area contributed by atoms with Gasteiger partial charge in [0.1, 0.15) is 0 Å². The lowest BCUT2D eigenvalue weighted by atomic mass is 10.3. The molecule has 0 bridgehead atoms. The standard InChI is InChI=1S/C11H13N3S2/c1-7-4-9-10(12-5-7)13-11(14-16-9)15-6-8-2-3-8/h4-5,8H,2-3,6H2,1H3,(H,12,13,14). The molecular formula is C11H13N3S2. The van der Waals surface area contributed by atoms with Crippen LogP contribution in [0.1, 0.15) is 18.4 Å². The van der Waals surface area contributed by atoms with Crippen LogP contribution in [0.3, 0.4) is 0 Å². The van der Waals surface area contributed by atoms with Crippen LogP contribution in [0.4, 0.5) is 5.82 Å². The first-order chi connectivity index (χ1) is 7.81. The van der Waals surface area contributed by atoms with Crippen molar-refractivity contribution in [2.45, 2.75) is 24.7 Å². The summed E-state index contributed by atoms with van der Waals surface area (Å²) < 4.78 is 3.28. The van der Waals surface area contributed by atoms with Crippen molar-refractivity contribution in [2.75, 3.05) is 5.75 Å². The van der Waals surface area contributed by atoms with Gasteiger partial charge in [0.2, 0.25) is 0 Å². The smallest absolute Gasteiger partial charge is 0.173 e. The van der Waals surface area contributed by atoms with Crippen molar-refractivity contribution < 1.29 is 0 Å². The Hall–Kier alpha value is -0.680. The Kier molecular flexibility index (Phi) is 2.81. The Balaban J connectivity index is 1.74. The second-order valence-electron chi connectivity index (χ2n) is 4.21. The van der Waals surface area contributed by atoms with Gasteiger partial charge in [-0.15, -0.1) is 0 Å². The van der Waals surface area contributed by atoms with Crippen molar-refractivity contribution in [3.05, 3.63) is 17.8 Å². The first kappa shape index (κ1) is 10.5. The molecule has 0 radical (unpaired) electrons. The van der Waals surface area contributed by atoms with E-state index in [1.807, 2.05) is 18.0 Å². The van der Waals surface area contributed by atoms with Crippen LogP contribution in [0.2, 0.25) is 0 Å². The number of thioether (sulfide) groups is 1. The van der Waals surface area contributed by atoms with Crippen LogP contribution in [-0.2, 0) is 0 Å². The molecule has 1 N–H and O–H groups in total. The summed E-state index contributed by atoms with van der Waals surface area (Å²) in [7, 11) is 0. The fourth-order valence-electron chi connectivity index (χ4n) is 1.45. The summed E-state index contributed by atoms with van der Waals surface area (Å²) in [6.07, 6.45) is 4.65. The predicted molar refractivity (Wildman–Crippen MR) is 70.2 cm³/mol. The summed E-state index contributed by atoms with van der Waals surface area (Å²) in [5, 5.41) is 1.00. The molecule has 0 atom stereocenters. The van der Waals surface area contributed by atoms with E-state index in [1.165, 1.54) is 24.2 Å². The zero-order valence-corrected chi connectivity index (χ0v) is 10.7. The maximum absolute atomic E-state index is 4.52. The number of pyridine rings is 1. The second kappa shape index (κ2) is 4.30. The molecule has 1 aromatic rings. The van der Waals surface area contributed by atoms with Crippen molar-refractivity contribution in [3.63, 3.8) is 0 Å². The molecule has 5 heteroatoms. The van der Waals surface area contributed by atoms with Crippen LogP contribution in [0.25, 0.3) is 0 Å². The normalized spacial score (nSPS) is 18.7. The van der Waals surface area contributed by atoms with E-state index in [4.69, 9.17) is 0 Å². The van der Waals surface area contributed by atoms with E-state index in [-0.39, 0.29) is 0 Å². The van der Waals surface area contributed by atoms with E-state index in [1.54, 1.807) is 11.9 Å². The summed E-state index contributed by atoms with van der Waals surface area (Å²) in [5.74, 6) is 2.97. The molecule has 3 nitrogen and oxygen atoms in total. The Morgan fingerprint density at radius 2 is 2.44 bits per heavy atom. The molecule has 0 aromatic carbocycles. The van der Waals surface area contributed by atoms with Gasteiger partial charge >= 0.3 is 0 Å². The number of hydrogen-bond donors (Lipinski definition) is 1. The van der Waals surface area contributed by atoms with Crippen molar-refractivity contribution in [1.29, 1.82) is 0 Å². The quantitative estimate of drug-likeness (QED) is 0.819. The van der Waals surface area contributed by atoms with Gasteiger partial charge in [-0.05, 0) is 49.3 Å². The molecule has 1 aliphatic heterocycles. The van der Waals surface area contributed by atoms with Gasteiger partial charge in [0, 0.05) is 11.9 Å². The fraction of sp³-hybridized carbons (Fsp3) is 0.455. The number of amidine groups is 1. The highest BCUT2D eigenvalue weighted by Gasteiger charge is 2.23. The zero-order valence-electron chi connectivity index (χ0n) is 9.06. The van der Waals surface area contributed by atoms with Gasteiger partial charge in [0.25, 0.3) is 0 Å². The van der Waals surface area contributed by atoms with Crippen molar-refractivity contribution in [2.24, 2.45) is 10.9 Å². The highest BCUT2D eigenvalue weighted by atomic mass is 32.2. The predicted octanol–water partition coefficient (Wildman–Crippen LogP) is 3.13. The van der Waals surface area contributed by atoms with Gasteiger partial charge in [0.15, 0.2) is 11.0 Å². The Morgan fingerprint density at radius 1 is 1.56 bits per heavy atom. The summed E-state index contributed by atoms with van der Waals surface area (Å²) in [6, 6.07) is 2.12. The molecule has 2 heterocycles. The van der Waals surface area contributed by atoms with E-state index in [2.05, 4.69) is 27.7 Å². The van der Waals surface area contributed by atoms with E-state index in [0.29, 0.717) is 0 Å². The minimum absolute atomic E-state index is 0.854. The number of hydrogen-bond acceptors (Lipinski definition) is 5. The third-order valence-corrected chi connectivity index (χ3v) is 4.63. The highest BCUT2D eigenvalue weighted by molar-refractivity contribution is 8.15. The molecule has 84 valence electrons. The third kappa shape index (κ3) is 2.35. The van der Waals surface area contributed by atoms with E-state index < -0.39 is 0 Å². The average Bonchev–Trinajstić information content (AvgIpc) is 3.10. The molecule has 3 rings (SSSR count). The Labute approximate surface area is 104 Å².